The van der Waals surface area contributed by atoms with E-state index >= 15 is 0 Å². The smallest absolute Gasteiger partial charge is 0.309 e. The molecular weight excluding hydrogens is 564 g/mol. The fraction of sp³-hybridized carbons (Fsp3) is 0.800. The van der Waals surface area contributed by atoms with E-state index in [1.54, 1.807) is 0 Å². The number of ether oxygens (including phenoxy) is 4. The quantitative estimate of drug-likeness (QED) is 0.232. The molecule has 0 bridgehead atoms. The molecule has 3 fully saturated rings. The lowest BCUT2D eigenvalue weighted by atomic mass is 9.40. The molecule has 44 heavy (non-hydrogen) atoms. The minimum atomic E-state index is -0.984. The van der Waals surface area contributed by atoms with Gasteiger partial charge in [-0.3, -0.25) is 14.4 Å². The highest BCUT2D eigenvalue weighted by Gasteiger charge is 2.69. The van der Waals surface area contributed by atoms with Gasteiger partial charge in [-0.15, -0.1) is 0 Å². The average molecular weight is 619 g/mol. The van der Waals surface area contributed by atoms with Crippen LogP contribution >= 0.6 is 0 Å². The molecule has 9 nitrogen and oxygen atoms in total. The highest BCUT2D eigenvalue weighted by Crippen LogP contribution is 2.71. The van der Waals surface area contributed by atoms with Crippen LogP contribution in [0.3, 0.4) is 0 Å². The lowest BCUT2D eigenvalue weighted by molar-refractivity contribution is -0.207. The molecule has 0 amide bonds. The molecule has 1 aliphatic heterocycles. The van der Waals surface area contributed by atoms with Gasteiger partial charge in [-0.2, -0.15) is 0 Å². The Kier molecular flexibility index (Phi) is 9.59. The molecule has 1 saturated heterocycles. The van der Waals surface area contributed by atoms with Gasteiger partial charge in [0.05, 0.1) is 31.8 Å². The van der Waals surface area contributed by atoms with Crippen molar-refractivity contribution in [3.8, 4) is 0 Å². The SMILES string of the molecule is C=C(C)[C@@H]1C[C@@H](OC(C)=O)[C@@]2(C)C3=CC[C@@H]([C@H]4COC(C)(C)[C@@H](O)[C@H](O)C4)[C@]3(C)CC[C@@H]2[C@@]1(C)C(CC(=O)OC)OC(C)=O. The number of carbonyl (C=O) groups is 3. The van der Waals surface area contributed by atoms with Crippen molar-refractivity contribution in [2.75, 3.05) is 13.7 Å². The summed E-state index contributed by atoms with van der Waals surface area (Å²) in [5.74, 6) is -1.45. The van der Waals surface area contributed by atoms with Crippen LogP contribution in [0.1, 0.15) is 93.9 Å². The minimum absolute atomic E-state index is 0.0127. The molecule has 2 N–H and O–H groups in total. The van der Waals surface area contributed by atoms with Crippen molar-refractivity contribution < 1.29 is 43.5 Å². The molecule has 0 aromatic rings. The monoisotopic (exact) mass is 618 g/mol. The van der Waals surface area contributed by atoms with Gasteiger partial charge in [0, 0.05) is 24.7 Å². The summed E-state index contributed by atoms with van der Waals surface area (Å²) < 4.78 is 23.4. The maximum Gasteiger partial charge on any atom is 0.309 e. The Labute approximate surface area is 262 Å². The highest BCUT2D eigenvalue weighted by atomic mass is 16.6. The summed E-state index contributed by atoms with van der Waals surface area (Å²) in [4.78, 5) is 37.8. The van der Waals surface area contributed by atoms with E-state index < -0.39 is 52.8 Å². The van der Waals surface area contributed by atoms with Crippen LogP contribution in [0.4, 0.5) is 0 Å². The van der Waals surface area contributed by atoms with Gasteiger partial charge in [0.2, 0.25) is 0 Å². The number of allylic oxidation sites excluding steroid dienone is 2. The lowest BCUT2D eigenvalue weighted by Gasteiger charge is -2.66. The van der Waals surface area contributed by atoms with Gasteiger partial charge in [-0.25, -0.2) is 0 Å². The van der Waals surface area contributed by atoms with Crippen molar-refractivity contribution in [1.29, 1.82) is 0 Å². The first-order valence-corrected chi connectivity index (χ1v) is 16.1. The summed E-state index contributed by atoms with van der Waals surface area (Å²) in [6.07, 6.45) is 2.33. The summed E-state index contributed by atoms with van der Waals surface area (Å²) in [5, 5.41) is 21.7. The molecule has 1 heterocycles. The second-order valence-corrected chi connectivity index (χ2v) is 15.2. The van der Waals surface area contributed by atoms with Crippen LogP contribution in [0.15, 0.2) is 23.8 Å². The van der Waals surface area contributed by atoms with Crippen LogP contribution in [-0.4, -0.2) is 71.9 Å². The van der Waals surface area contributed by atoms with E-state index in [2.05, 4.69) is 33.4 Å². The molecule has 248 valence electrons. The second-order valence-electron chi connectivity index (χ2n) is 15.2. The first kappa shape index (κ1) is 34.6. The predicted octanol–water partition coefficient (Wildman–Crippen LogP) is 4.92. The molecule has 9 heteroatoms. The number of aliphatic hydroxyl groups excluding tert-OH is 2. The highest BCUT2D eigenvalue weighted by molar-refractivity contribution is 5.71. The van der Waals surface area contributed by atoms with E-state index in [4.69, 9.17) is 18.9 Å². The number of rotatable bonds is 7. The standard InChI is InChI=1S/C35H54O9/c1-19(2)24-16-28(43-20(3)36)35(9)26-12-11-23(22-15-25(38)31(40)32(5,6)42-18-22)33(26,7)14-13-27(35)34(24,8)29(44-21(4)37)17-30(39)41-10/h12,22-25,27-29,31,38,40H,1,11,13-18H2,2-10H3/t22-,23+,24+,25-,27-,28-,29?,31+,33+,34+,35+/m1/s1. The Hall–Kier alpha value is -2.23. The number of hydrogen-bond acceptors (Lipinski definition) is 9. The van der Waals surface area contributed by atoms with Crippen molar-refractivity contribution >= 4 is 17.9 Å². The summed E-state index contributed by atoms with van der Waals surface area (Å²) in [6, 6.07) is 0. The van der Waals surface area contributed by atoms with Crippen molar-refractivity contribution in [2.45, 2.75) is 124 Å². The number of carbonyl (C=O) groups excluding carboxylic acids is 3. The minimum Gasteiger partial charge on any atom is -0.469 e. The van der Waals surface area contributed by atoms with Crippen LogP contribution < -0.4 is 0 Å². The van der Waals surface area contributed by atoms with Crippen LogP contribution in [0, 0.1) is 39.9 Å². The molecule has 0 spiro atoms. The third-order valence-electron chi connectivity index (χ3n) is 12.2. The Bertz CT molecular complexity index is 1190. The zero-order valence-corrected chi connectivity index (χ0v) is 28.1. The van der Waals surface area contributed by atoms with E-state index in [-0.39, 0.29) is 41.5 Å². The average Bonchev–Trinajstić information content (AvgIpc) is 3.24. The van der Waals surface area contributed by atoms with Crippen LogP contribution in [-0.2, 0) is 33.3 Å². The Morgan fingerprint density at radius 1 is 1.07 bits per heavy atom. The lowest BCUT2D eigenvalue weighted by Crippen LogP contribution is -2.65. The molecule has 3 aliphatic carbocycles. The number of hydrogen-bond donors (Lipinski definition) is 2. The number of esters is 3. The first-order valence-electron chi connectivity index (χ1n) is 16.1. The van der Waals surface area contributed by atoms with E-state index in [0.717, 1.165) is 24.8 Å². The third-order valence-corrected chi connectivity index (χ3v) is 12.2. The van der Waals surface area contributed by atoms with Crippen LogP contribution in [0.2, 0.25) is 0 Å². The maximum atomic E-state index is 12.7. The maximum absolute atomic E-state index is 12.7. The Morgan fingerprint density at radius 2 is 1.73 bits per heavy atom. The summed E-state index contributed by atoms with van der Waals surface area (Å²) in [5.41, 5.74) is -0.401. The van der Waals surface area contributed by atoms with Crippen molar-refractivity contribution in [3.63, 3.8) is 0 Å². The normalized spacial score (nSPS) is 42.1. The number of fused-ring (bicyclic) bond motifs is 3. The summed E-state index contributed by atoms with van der Waals surface area (Å²) in [7, 11) is 1.33. The molecule has 4 aliphatic rings. The Balaban J connectivity index is 1.82. The zero-order chi connectivity index (χ0) is 33.0. The van der Waals surface area contributed by atoms with Gasteiger partial charge in [0.25, 0.3) is 0 Å². The fourth-order valence-electron chi connectivity index (χ4n) is 10.1. The molecule has 0 aromatic heterocycles. The van der Waals surface area contributed by atoms with Crippen LogP contribution in [0.5, 0.6) is 0 Å². The summed E-state index contributed by atoms with van der Waals surface area (Å²) >= 11 is 0. The molecule has 1 unspecified atom stereocenters. The molecular formula is C35H54O9. The van der Waals surface area contributed by atoms with E-state index in [1.807, 2.05) is 20.8 Å². The van der Waals surface area contributed by atoms with Gasteiger partial charge >= 0.3 is 17.9 Å². The fourth-order valence-corrected chi connectivity index (χ4v) is 10.1. The topological polar surface area (TPSA) is 129 Å². The zero-order valence-electron chi connectivity index (χ0n) is 28.1. The van der Waals surface area contributed by atoms with Gasteiger partial charge < -0.3 is 29.2 Å². The van der Waals surface area contributed by atoms with Gasteiger partial charge in [-0.1, -0.05) is 44.6 Å². The number of methoxy groups -OCH3 is 1. The number of aliphatic hydroxyl groups is 2. The first-order chi connectivity index (χ1) is 20.3. The molecule has 0 aromatic carbocycles. The largest absolute Gasteiger partial charge is 0.469 e. The van der Waals surface area contributed by atoms with E-state index in [1.165, 1.54) is 26.5 Å². The molecule has 0 radical (unpaired) electrons. The van der Waals surface area contributed by atoms with Gasteiger partial charge in [0.1, 0.15) is 18.3 Å². The third kappa shape index (κ3) is 5.66. The van der Waals surface area contributed by atoms with Crippen LogP contribution in [0.25, 0.3) is 0 Å². The molecule has 11 atom stereocenters. The predicted molar refractivity (Wildman–Crippen MR) is 164 cm³/mol. The van der Waals surface area contributed by atoms with E-state index in [0.29, 0.717) is 19.4 Å². The molecule has 2 saturated carbocycles. The molecule has 4 rings (SSSR count). The van der Waals surface area contributed by atoms with Gasteiger partial charge in [0.15, 0.2) is 0 Å². The van der Waals surface area contributed by atoms with Gasteiger partial charge in [-0.05, 0) is 82.0 Å². The Morgan fingerprint density at radius 3 is 2.30 bits per heavy atom. The second kappa shape index (κ2) is 12.2. The van der Waals surface area contributed by atoms with E-state index in [9.17, 15) is 24.6 Å². The van der Waals surface area contributed by atoms with Crippen molar-refractivity contribution in [3.05, 3.63) is 23.8 Å². The summed E-state index contributed by atoms with van der Waals surface area (Å²) in [6.45, 7) is 19.7. The van der Waals surface area contributed by atoms with Crippen molar-refractivity contribution in [1.82, 2.24) is 0 Å². The van der Waals surface area contributed by atoms with Crippen molar-refractivity contribution in [2.24, 2.45) is 39.9 Å².